The van der Waals surface area contributed by atoms with Gasteiger partial charge in [0.15, 0.2) is 5.96 Å². The normalized spacial score (nSPS) is 12.1. The van der Waals surface area contributed by atoms with E-state index in [1.165, 1.54) is 11.3 Å². The van der Waals surface area contributed by atoms with Crippen molar-refractivity contribution in [3.63, 3.8) is 0 Å². The molecule has 0 aliphatic heterocycles. The SMILES string of the molecule is CCN(CCNC(=NC)NCCCNS(=O)(=O)CC)c1cccc(C)c1. The first-order valence-corrected chi connectivity index (χ1v) is 10.8. The number of hydrogen-bond donors (Lipinski definition) is 3. The van der Waals surface area contributed by atoms with Crippen molar-refractivity contribution in [1.29, 1.82) is 0 Å². The lowest BCUT2D eigenvalue weighted by Gasteiger charge is -2.24. The zero-order valence-corrected chi connectivity index (χ0v) is 17.2. The summed E-state index contributed by atoms with van der Waals surface area (Å²) in [6.07, 6.45) is 0.699. The molecule has 0 heterocycles. The molecule has 0 unspecified atom stereocenters. The van der Waals surface area contributed by atoms with Crippen molar-refractivity contribution in [2.75, 3.05) is 50.4 Å². The Morgan fingerprint density at radius 3 is 2.50 bits per heavy atom. The van der Waals surface area contributed by atoms with Crippen molar-refractivity contribution < 1.29 is 8.42 Å². The van der Waals surface area contributed by atoms with E-state index in [-0.39, 0.29) is 5.75 Å². The van der Waals surface area contributed by atoms with E-state index in [4.69, 9.17) is 0 Å². The van der Waals surface area contributed by atoms with Crippen LogP contribution >= 0.6 is 0 Å². The highest BCUT2D eigenvalue weighted by molar-refractivity contribution is 7.89. The van der Waals surface area contributed by atoms with Gasteiger partial charge in [0.1, 0.15) is 0 Å². The number of aryl methyl sites for hydroxylation is 1. The van der Waals surface area contributed by atoms with Gasteiger partial charge in [0, 0.05) is 45.5 Å². The average Bonchev–Trinajstić information content (AvgIpc) is 2.63. The number of hydrogen-bond acceptors (Lipinski definition) is 4. The fourth-order valence-corrected chi connectivity index (χ4v) is 3.11. The smallest absolute Gasteiger partial charge is 0.211 e. The van der Waals surface area contributed by atoms with E-state index in [0.29, 0.717) is 19.5 Å². The van der Waals surface area contributed by atoms with Gasteiger partial charge in [0.05, 0.1) is 5.75 Å². The third kappa shape index (κ3) is 8.53. The Kier molecular flexibility index (Phi) is 10.0. The van der Waals surface area contributed by atoms with E-state index < -0.39 is 10.0 Å². The number of guanidine groups is 1. The molecular weight excluding hydrogens is 350 g/mol. The summed E-state index contributed by atoms with van der Waals surface area (Å²) < 4.78 is 25.3. The number of nitrogens with one attached hydrogen (secondary N) is 3. The molecule has 8 heteroatoms. The summed E-state index contributed by atoms with van der Waals surface area (Å²) in [4.78, 5) is 6.51. The first kappa shape index (κ1) is 22.2. The summed E-state index contributed by atoms with van der Waals surface area (Å²) in [7, 11) is -1.38. The van der Waals surface area contributed by atoms with Gasteiger partial charge >= 0.3 is 0 Å². The third-order valence-electron chi connectivity index (χ3n) is 3.99. The van der Waals surface area contributed by atoms with Crippen LogP contribution in [0, 0.1) is 6.92 Å². The summed E-state index contributed by atoms with van der Waals surface area (Å²) in [5, 5.41) is 6.50. The molecule has 0 bridgehead atoms. The number of likely N-dealkylation sites (N-methyl/N-ethyl adjacent to an activating group) is 1. The monoisotopic (exact) mass is 383 g/mol. The van der Waals surface area contributed by atoms with Crippen molar-refractivity contribution in [3.8, 4) is 0 Å². The second-order valence-corrected chi connectivity index (χ2v) is 8.09. The molecule has 1 rings (SSSR count). The van der Waals surface area contributed by atoms with Crippen LogP contribution in [0.2, 0.25) is 0 Å². The molecule has 26 heavy (non-hydrogen) atoms. The fraction of sp³-hybridized carbons (Fsp3) is 0.611. The molecule has 0 radical (unpaired) electrons. The number of sulfonamides is 1. The first-order chi connectivity index (χ1) is 12.4. The van der Waals surface area contributed by atoms with E-state index in [2.05, 4.69) is 63.4 Å². The van der Waals surface area contributed by atoms with Crippen LogP contribution < -0.4 is 20.3 Å². The predicted octanol–water partition coefficient (Wildman–Crippen LogP) is 1.32. The van der Waals surface area contributed by atoms with Crippen molar-refractivity contribution in [2.45, 2.75) is 27.2 Å². The first-order valence-electron chi connectivity index (χ1n) is 9.15. The van der Waals surface area contributed by atoms with Crippen LogP contribution in [-0.4, -0.2) is 59.9 Å². The molecule has 1 aromatic rings. The molecule has 0 atom stereocenters. The van der Waals surface area contributed by atoms with Gasteiger partial charge in [-0.15, -0.1) is 0 Å². The van der Waals surface area contributed by atoms with Gasteiger partial charge in [0.2, 0.25) is 10.0 Å². The molecule has 0 fully saturated rings. The lowest BCUT2D eigenvalue weighted by atomic mass is 10.2. The number of aliphatic imine (C=N–C) groups is 1. The third-order valence-corrected chi connectivity index (χ3v) is 5.40. The zero-order valence-electron chi connectivity index (χ0n) is 16.4. The van der Waals surface area contributed by atoms with Gasteiger partial charge in [-0.25, -0.2) is 13.1 Å². The van der Waals surface area contributed by atoms with Crippen LogP contribution in [0.3, 0.4) is 0 Å². The summed E-state index contributed by atoms with van der Waals surface area (Å²) in [5.74, 6) is 0.835. The van der Waals surface area contributed by atoms with Crippen LogP contribution in [0.25, 0.3) is 0 Å². The van der Waals surface area contributed by atoms with Gasteiger partial charge in [-0.1, -0.05) is 12.1 Å². The molecule has 3 N–H and O–H groups in total. The molecule has 0 aliphatic rings. The van der Waals surface area contributed by atoms with Gasteiger partial charge in [0.25, 0.3) is 0 Å². The highest BCUT2D eigenvalue weighted by atomic mass is 32.2. The number of nitrogens with zero attached hydrogens (tertiary/aromatic N) is 2. The van der Waals surface area contributed by atoms with E-state index in [1.807, 2.05) is 0 Å². The van der Waals surface area contributed by atoms with E-state index in [1.54, 1.807) is 14.0 Å². The largest absolute Gasteiger partial charge is 0.370 e. The molecule has 0 amide bonds. The maximum Gasteiger partial charge on any atom is 0.211 e. The molecule has 0 spiro atoms. The Bertz CT molecular complexity index is 661. The minimum absolute atomic E-state index is 0.110. The van der Waals surface area contributed by atoms with Crippen LogP contribution in [-0.2, 0) is 10.0 Å². The maximum absolute atomic E-state index is 11.4. The summed E-state index contributed by atoms with van der Waals surface area (Å²) in [6, 6.07) is 8.49. The summed E-state index contributed by atoms with van der Waals surface area (Å²) in [6.45, 7) is 9.53. The Morgan fingerprint density at radius 2 is 1.88 bits per heavy atom. The molecule has 0 aliphatic carbocycles. The van der Waals surface area contributed by atoms with Gasteiger partial charge < -0.3 is 15.5 Å². The molecular formula is C18H33N5O2S. The fourth-order valence-electron chi connectivity index (χ4n) is 2.45. The van der Waals surface area contributed by atoms with Crippen molar-refractivity contribution in [3.05, 3.63) is 29.8 Å². The predicted molar refractivity (Wildman–Crippen MR) is 111 cm³/mol. The van der Waals surface area contributed by atoms with E-state index >= 15 is 0 Å². The van der Waals surface area contributed by atoms with Gasteiger partial charge in [-0.05, 0) is 44.9 Å². The quantitative estimate of drug-likeness (QED) is 0.305. The summed E-state index contributed by atoms with van der Waals surface area (Å²) >= 11 is 0. The molecule has 1 aromatic carbocycles. The number of rotatable bonds is 11. The Labute approximate surface area is 158 Å². The maximum atomic E-state index is 11.4. The topological polar surface area (TPSA) is 85.8 Å². The highest BCUT2D eigenvalue weighted by Gasteiger charge is 2.06. The standard InChI is InChI=1S/C18H33N5O2S/c1-5-23(17-10-7-9-16(3)15-17)14-13-21-18(19-4)20-11-8-12-22-26(24,25)6-2/h7,9-10,15,22H,5-6,8,11-14H2,1-4H3,(H2,19,20,21). The van der Waals surface area contributed by atoms with Crippen LogP contribution in [0.4, 0.5) is 5.69 Å². The molecule has 0 aromatic heterocycles. The van der Waals surface area contributed by atoms with Crippen LogP contribution in [0.1, 0.15) is 25.8 Å². The Balaban J connectivity index is 2.31. The highest BCUT2D eigenvalue weighted by Crippen LogP contribution is 2.14. The second-order valence-electron chi connectivity index (χ2n) is 6.00. The van der Waals surface area contributed by atoms with Crippen molar-refractivity contribution in [2.24, 2.45) is 4.99 Å². The summed E-state index contributed by atoms with van der Waals surface area (Å²) in [5.41, 5.74) is 2.48. The van der Waals surface area contributed by atoms with E-state index in [0.717, 1.165) is 25.6 Å². The zero-order chi connectivity index (χ0) is 19.4. The van der Waals surface area contributed by atoms with Crippen LogP contribution in [0.5, 0.6) is 0 Å². The Morgan fingerprint density at radius 1 is 1.15 bits per heavy atom. The lowest BCUT2D eigenvalue weighted by Crippen LogP contribution is -2.42. The number of benzene rings is 1. The molecule has 7 nitrogen and oxygen atoms in total. The van der Waals surface area contributed by atoms with E-state index in [9.17, 15) is 8.42 Å². The molecule has 148 valence electrons. The average molecular weight is 384 g/mol. The van der Waals surface area contributed by atoms with Crippen molar-refractivity contribution in [1.82, 2.24) is 15.4 Å². The van der Waals surface area contributed by atoms with Crippen LogP contribution in [0.15, 0.2) is 29.3 Å². The minimum atomic E-state index is -3.11. The Hall–Kier alpha value is -1.80. The number of anilines is 1. The van der Waals surface area contributed by atoms with Gasteiger partial charge in [-0.2, -0.15) is 0 Å². The molecule has 0 saturated carbocycles. The second kappa shape index (κ2) is 11.7. The lowest BCUT2D eigenvalue weighted by molar-refractivity contribution is 0.579. The van der Waals surface area contributed by atoms with Gasteiger partial charge in [-0.3, -0.25) is 4.99 Å². The molecule has 0 saturated heterocycles. The minimum Gasteiger partial charge on any atom is -0.370 e. The van der Waals surface area contributed by atoms with Crippen molar-refractivity contribution >= 4 is 21.7 Å².